The second-order valence-corrected chi connectivity index (χ2v) is 5.58. The summed E-state index contributed by atoms with van der Waals surface area (Å²) in [6, 6.07) is 0. The predicted octanol–water partition coefficient (Wildman–Crippen LogP) is 3.62. The fourth-order valence-electron chi connectivity index (χ4n) is 1.64. The first-order valence-electron chi connectivity index (χ1n) is 6.48. The zero-order valence-electron chi connectivity index (χ0n) is 10.9. The van der Waals surface area contributed by atoms with Crippen LogP contribution in [-0.2, 0) is 4.79 Å². The number of thioether (sulfide) groups is 1. The molecule has 16 heavy (non-hydrogen) atoms. The van der Waals surface area contributed by atoms with E-state index in [4.69, 9.17) is 0 Å². The molecule has 0 aromatic rings. The molecule has 3 heteroatoms. The number of carbonyl (C=O) groups excluding carboxylic acids is 1. The minimum absolute atomic E-state index is 0.128. The van der Waals surface area contributed by atoms with Gasteiger partial charge in [-0.25, -0.2) is 0 Å². The highest BCUT2D eigenvalue weighted by Gasteiger charge is 2.21. The maximum Gasteiger partial charge on any atom is 0.194 e. The number of aliphatic hydroxyl groups excluding tert-OH is 1. The van der Waals surface area contributed by atoms with E-state index in [9.17, 15) is 9.90 Å². The molecular formula is C13H26O2S. The summed E-state index contributed by atoms with van der Waals surface area (Å²) in [5, 5.41) is 9.97. The van der Waals surface area contributed by atoms with Crippen LogP contribution in [0.5, 0.6) is 0 Å². The van der Waals surface area contributed by atoms with Crippen LogP contribution in [0.4, 0.5) is 0 Å². The zero-order chi connectivity index (χ0) is 12.4. The van der Waals surface area contributed by atoms with Crippen molar-refractivity contribution in [2.45, 2.75) is 65.4 Å². The Morgan fingerprint density at radius 2 is 1.81 bits per heavy atom. The van der Waals surface area contributed by atoms with Gasteiger partial charge >= 0.3 is 0 Å². The molecule has 2 atom stereocenters. The van der Waals surface area contributed by atoms with E-state index in [0.717, 1.165) is 18.6 Å². The lowest BCUT2D eigenvalue weighted by Gasteiger charge is -2.16. The first-order valence-corrected chi connectivity index (χ1v) is 7.46. The molecule has 0 aromatic heterocycles. The van der Waals surface area contributed by atoms with Gasteiger partial charge in [-0.05, 0) is 12.2 Å². The van der Waals surface area contributed by atoms with Gasteiger partial charge in [-0.15, -0.1) is 0 Å². The van der Waals surface area contributed by atoms with E-state index in [2.05, 4.69) is 6.92 Å². The molecule has 96 valence electrons. The van der Waals surface area contributed by atoms with Crippen LogP contribution < -0.4 is 0 Å². The van der Waals surface area contributed by atoms with Crippen LogP contribution in [0.25, 0.3) is 0 Å². The molecule has 0 unspecified atom stereocenters. The number of hydrogen-bond donors (Lipinski definition) is 1. The molecule has 0 aromatic carbocycles. The third-order valence-electron chi connectivity index (χ3n) is 2.84. The highest BCUT2D eigenvalue weighted by atomic mass is 32.2. The lowest BCUT2D eigenvalue weighted by Crippen LogP contribution is -2.23. The molecule has 0 aliphatic carbocycles. The molecule has 0 heterocycles. The molecular weight excluding hydrogens is 220 g/mol. The molecule has 0 saturated heterocycles. The topological polar surface area (TPSA) is 37.3 Å². The highest BCUT2D eigenvalue weighted by molar-refractivity contribution is 8.13. The van der Waals surface area contributed by atoms with Crippen LogP contribution in [0.2, 0.25) is 0 Å². The maximum atomic E-state index is 11.5. The second-order valence-electron chi connectivity index (χ2n) is 4.31. The third-order valence-corrected chi connectivity index (χ3v) is 3.78. The van der Waals surface area contributed by atoms with Crippen LogP contribution >= 0.6 is 11.8 Å². The SMILES string of the molecule is CCCCCCC[C@@H](O)[C@H](C)C(=O)SCC. The Labute approximate surface area is 104 Å². The molecule has 0 saturated carbocycles. The molecule has 0 spiro atoms. The van der Waals surface area contributed by atoms with Crippen LogP contribution in [0.1, 0.15) is 59.3 Å². The number of rotatable bonds is 9. The Morgan fingerprint density at radius 1 is 1.19 bits per heavy atom. The summed E-state index contributed by atoms with van der Waals surface area (Å²) >= 11 is 1.32. The van der Waals surface area contributed by atoms with Gasteiger partial charge in [0.15, 0.2) is 5.12 Å². The summed E-state index contributed by atoms with van der Waals surface area (Å²) in [5.74, 6) is 0.586. The Balaban J connectivity index is 3.62. The van der Waals surface area contributed by atoms with E-state index in [1.165, 1.54) is 37.4 Å². The average molecular weight is 246 g/mol. The zero-order valence-corrected chi connectivity index (χ0v) is 11.7. The maximum absolute atomic E-state index is 11.5. The smallest absolute Gasteiger partial charge is 0.194 e. The van der Waals surface area contributed by atoms with Gasteiger partial charge in [0.2, 0.25) is 0 Å². The number of carbonyl (C=O) groups is 1. The van der Waals surface area contributed by atoms with Gasteiger partial charge in [0, 0.05) is 0 Å². The summed E-state index contributed by atoms with van der Waals surface area (Å²) in [5.41, 5.74) is 0. The van der Waals surface area contributed by atoms with Crippen molar-refractivity contribution in [1.29, 1.82) is 0 Å². The first kappa shape index (κ1) is 16.0. The van der Waals surface area contributed by atoms with Crippen molar-refractivity contribution in [3.63, 3.8) is 0 Å². The van der Waals surface area contributed by atoms with Crippen molar-refractivity contribution in [2.24, 2.45) is 5.92 Å². The summed E-state index contributed by atoms with van der Waals surface area (Å²) in [6.45, 7) is 5.99. The van der Waals surface area contributed by atoms with E-state index in [0.29, 0.717) is 0 Å². The van der Waals surface area contributed by atoms with Crippen molar-refractivity contribution >= 4 is 16.9 Å². The van der Waals surface area contributed by atoms with E-state index >= 15 is 0 Å². The van der Waals surface area contributed by atoms with Gasteiger partial charge in [-0.2, -0.15) is 0 Å². The molecule has 0 fully saturated rings. The molecule has 0 radical (unpaired) electrons. The van der Waals surface area contributed by atoms with Crippen molar-refractivity contribution in [3.8, 4) is 0 Å². The molecule has 0 rings (SSSR count). The summed E-state index contributed by atoms with van der Waals surface area (Å²) in [4.78, 5) is 11.5. The Morgan fingerprint density at radius 3 is 2.38 bits per heavy atom. The molecule has 0 aliphatic heterocycles. The molecule has 1 N–H and O–H groups in total. The summed E-state index contributed by atoms with van der Waals surface area (Å²) in [6.07, 6.45) is 6.28. The molecule has 0 bridgehead atoms. The van der Waals surface area contributed by atoms with Crippen molar-refractivity contribution in [2.75, 3.05) is 5.75 Å². The standard InChI is InChI=1S/C13H26O2S/c1-4-6-7-8-9-10-12(14)11(3)13(15)16-5-2/h11-12,14H,4-10H2,1-3H3/t11-,12+/m0/s1. The molecule has 2 nitrogen and oxygen atoms in total. The summed E-state index contributed by atoms with van der Waals surface area (Å²) in [7, 11) is 0. The highest BCUT2D eigenvalue weighted by Crippen LogP contribution is 2.18. The van der Waals surface area contributed by atoms with Crippen LogP contribution in [0.15, 0.2) is 0 Å². The summed E-state index contributed by atoms with van der Waals surface area (Å²) < 4.78 is 0. The third kappa shape index (κ3) is 7.29. The van der Waals surface area contributed by atoms with E-state index in [1.807, 2.05) is 13.8 Å². The second kappa shape index (κ2) is 10.2. The van der Waals surface area contributed by atoms with Crippen LogP contribution in [0.3, 0.4) is 0 Å². The normalized spacial score (nSPS) is 14.8. The van der Waals surface area contributed by atoms with Crippen molar-refractivity contribution < 1.29 is 9.90 Å². The van der Waals surface area contributed by atoms with Gasteiger partial charge in [0.25, 0.3) is 0 Å². The monoisotopic (exact) mass is 246 g/mol. The minimum atomic E-state index is -0.451. The Kier molecular flexibility index (Phi) is 10.1. The fourth-order valence-corrected chi connectivity index (χ4v) is 2.34. The number of unbranched alkanes of at least 4 members (excludes halogenated alkanes) is 4. The van der Waals surface area contributed by atoms with Gasteiger partial charge < -0.3 is 5.11 Å². The fraction of sp³-hybridized carbons (Fsp3) is 0.923. The number of aliphatic hydroxyl groups is 1. The molecule has 0 amide bonds. The van der Waals surface area contributed by atoms with Gasteiger partial charge in [0.05, 0.1) is 12.0 Å². The van der Waals surface area contributed by atoms with Gasteiger partial charge in [0.1, 0.15) is 0 Å². The molecule has 0 aliphatic rings. The van der Waals surface area contributed by atoms with E-state index in [1.54, 1.807) is 0 Å². The van der Waals surface area contributed by atoms with E-state index < -0.39 is 6.10 Å². The quantitative estimate of drug-likeness (QED) is 0.631. The van der Waals surface area contributed by atoms with Crippen molar-refractivity contribution in [1.82, 2.24) is 0 Å². The largest absolute Gasteiger partial charge is 0.392 e. The average Bonchev–Trinajstić information content (AvgIpc) is 2.27. The van der Waals surface area contributed by atoms with Gasteiger partial charge in [-0.3, -0.25) is 4.79 Å². The lowest BCUT2D eigenvalue weighted by atomic mass is 10.00. The number of hydrogen-bond acceptors (Lipinski definition) is 3. The van der Waals surface area contributed by atoms with Crippen LogP contribution in [0, 0.1) is 5.92 Å². The van der Waals surface area contributed by atoms with Crippen molar-refractivity contribution in [3.05, 3.63) is 0 Å². The minimum Gasteiger partial charge on any atom is -0.392 e. The Bertz CT molecular complexity index is 183. The van der Waals surface area contributed by atoms with E-state index in [-0.39, 0.29) is 11.0 Å². The Hall–Kier alpha value is -0.0200. The van der Waals surface area contributed by atoms with Crippen LogP contribution in [-0.4, -0.2) is 22.1 Å². The van der Waals surface area contributed by atoms with Gasteiger partial charge in [-0.1, -0.05) is 64.6 Å². The first-order chi connectivity index (χ1) is 7.63. The predicted molar refractivity (Wildman–Crippen MR) is 71.7 cm³/mol. The lowest BCUT2D eigenvalue weighted by molar-refractivity contribution is -0.117.